The molecule has 25 heavy (non-hydrogen) atoms. The van der Waals surface area contributed by atoms with Crippen LogP contribution in [-0.4, -0.2) is 31.8 Å². The second kappa shape index (κ2) is 6.24. The Morgan fingerprint density at radius 1 is 1.36 bits per heavy atom. The van der Waals surface area contributed by atoms with Crippen LogP contribution in [-0.2, 0) is 6.42 Å². The van der Waals surface area contributed by atoms with Gasteiger partial charge in [-0.15, -0.1) is 0 Å². The summed E-state index contributed by atoms with van der Waals surface area (Å²) in [5.41, 5.74) is 4.85. The Morgan fingerprint density at radius 2 is 2.12 bits per heavy atom. The molecule has 1 atom stereocenters. The molecule has 0 radical (unpaired) electrons. The molecular formula is C18H22B2ClN3O. The van der Waals surface area contributed by atoms with E-state index in [2.05, 4.69) is 44.6 Å². The van der Waals surface area contributed by atoms with Crippen molar-refractivity contribution in [2.24, 2.45) is 5.92 Å². The lowest BCUT2D eigenvalue weighted by Crippen LogP contribution is -2.34. The molecule has 0 unspecified atom stereocenters. The average molecular weight is 353 g/mol. The van der Waals surface area contributed by atoms with Gasteiger partial charge >= 0.3 is 0 Å². The minimum atomic E-state index is -0.0176. The number of rotatable bonds is 4. The second-order valence-corrected chi connectivity index (χ2v) is 7.79. The maximum atomic E-state index is 13.2. The van der Waals surface area contributed by atoms with Crippen LogP contribution in [0.4, 0.5) is 11.5 Å². The molecule has 0 saturated heterocycles. The van der Waals surface area contributed by atoms with E-state index >= 15 is 0 Å². The third kappa shape index (κ3) is 2.91. The van der Waals surface area contributed by atoms with Crippen LogP contribution in [0.15, 0.2) is 23.1 Å². The van der Waals surface area contributed by atoms with Crippen LogP contribution in [0.1, 0.15) is 37.8 Å². The number of fused-ring (bicyclic) bond motifs is 1. The molecule has 0 N–H and O–H groups in total. The zero-order valence-corrected chi connectivity index (χ0v) is 15.8. The topological polar surface area (TPSA) is 38.1 Å². The van der Waals surface area contributed by atoms with E-state index in [1.165, 1.54) is 29.3 Å². The molecule has 2 heterocycles. The first-order valence-corrected chi connectivity index (χ1v) is 9.53. The average Bonchev–Trinajstić information content (AvgIpc) is 3.30. The highest BCUT2D eigenvalue weighted by Crippen LogP contribution is 2.41. The molecule has 4 rings (SSSR count). The lowest BCUT2D eigenvalue weighted by Gasteiger charge is -2.24. The number of anilines is 2. The van der Waals surface area contributed by atoms with Crippen molar-refractivity contribution in [3.05, 3.63) is 39.4 Å². The first kappa shape index (κ1) is 16.8. The molecule has 128 valence electrons. The van der Waals surface area contributed by atoms with Gasteiger partial charge in [0.1, 0.15) is 20.8 Å². The summed E-state index contributed by atoms with van der Waals surface area (Å²) >= 11 is 6.32. The van der Waals surface area contributed by atoms with Gasteiger partial charge in [0.25, 0.3) is 5.56 Å². The number of benzene rings is 1. The Balaban J connectivity index is 1.83. The van der Waals surface area contributed by atoms with Crippen molar-refractivity contribution in [1.82, 2.24) is 9.55 Å². The van der Waals surface area contributed by atoms with E-state index in [0.29, 0.717) is 16.9 Å². The molecule has 1 aliphatic heterocycles. The summed E-state index contributed by atoms with van der Waals surface area (Å²) in [6.07, 6.45) is 6.00. The van der Waals surface area contributed by atoms with Crippen LogP contribution in [0.25, 0.3) is 0 Å². The molecule has 2 aromatic rings. The zero-order chi connectivity index (χ0) is 17.7. The van der Waals surface area contributed by atoms with Crippen molar-refractivity contribution in [1.29, 1.82) is 0 Å². The van der Waals surface area contributed by atoms with E-state index in [0.717, 1.165) is 25.1 Å². The van der Waals surface area contributed by atoms with E-state index in [1.54, 1.807) is 6.20 Å². The molecule has 1 fully saturated rings. The van der Waals surface area contributed by atoms with Crippen molar-refractivity contribution >= 4 is 49.7 Å². The third-order valence-electron chi connectivity index (χ3n) is 5.48. The molecule has 1 saturated carbocycles. The highest BCUT2D eigenvalue weighted by Gasteiger charge is 2.33. The first-order valence-electron chi connectivity index (χ1n) is 9.16. The standard InChI is InChI=1S/C18H22B2ClN3O/c1-2-14(10-3-4-10)24-9-15(21)22-17(18(24)25)23-6-5-11-7-12(19)8-13(20)16(11)23/h7-10,14H,2-6,19-20H2,1H3/t14-/m1/s1. The van der Waals surface area contributed by atoms with Gasteiger partial charge in [0, 0.05) is 24.5 Å². The summed E-state index contributed by atoms with van der Waals surface area (Å²) in [4.78, 5) is 19.7. The summed E-state index contributed by atoms with van der Waals surface area (Å²) in [7, 11) is 4.22. The molecule has 0 bridgehead atoms. The van der Waals surface area contributed by atoms with Gasteiger partial charge in [-0.05, 0) is 37.2 Å². The number of halogens is 1. The molecular weight excluding hydrogens is 331 g/mol. The van der Waals surface area contributed by atoms with Gasteiger partial charge in [-0.1, -0.05) is 41.6 Å². The third-order valence-corrected chi connectivity index (χ3v) is 5.66. The van der Waals surface area contributed by atoms with Crippen LogP contribution in [0, 0.1) is 5.92 Å². The first-order chi connectivity index (χ1) is 12.0. The van der Waals surface area contributed by atoms with Crippen LogP contribution < -0.4 is 21.4 Å². The molecule has 0 spiro atoms. The lowest BCUT2D eigenvalue weighted by atomic mass is 9.84. The van der Waals surface area contributed by atoms with Gasteiger partial charge in [-0.2, -0.15) is 0 Å². The SMILES string of the molecule is Bc1cc(B)c2c(c1)CCN2c1nc(Cl)cn([C@H](CC)C2CC2)c1=O. The summed E-state index contributed by atoms with van der Waals surface area (Å²) in [6.45, 7) is 2.92. The van der Waals surface area contributed by atoms with E-state index in [9.17, 15) is 4.79 Å². The van der Waals surface area contributed by atoms with Crippen molar-refractivity contribution in [3.63, 3.8) is 0 Å². The van der Waals surface area contributed by atoms with Gasteiger partial charge in [0.2, 0.25) is 5.82 Å². The summed E-state index contributed by atoms with van der Waals surface area (Å²) in [5.74, 6) is 1.07. The summed E-state index contributed by atoms with van der Waals surface area (Å²) in [6, 6.07) is 4.61. The van der Waals surface area contributed by atoms with E-state index < -0.39 is 0 Å². The Labute approximate surface area is 155 Å². The lowest BCUT2D eigenvalue weighted by molar-refractivity contribution is 0.419. The van der Waals surface area contributed by atoms with Crippen molar-refractivity contribution in [2.75, 3.05) is 11.4 Å². The number of hydrogen-bond donors (Lipinski definition) is 0. The van der Waals surface area contributed by atoms with E-state index in [1.807, 2.05) is 4.57 Å². The van der Waals surface area contributed by atoms with Gasteiger partial charge in [0.15, 0.2) is 0 Å². The number of aromatic nitrogens is 2. The quantitative estimate of drug-likeness (QED) is 0.750. The van der Waals surface area contributed by atoms with Crippen LogP contribution in [0.5, 0.6) is 0 Å². The Bertz CT molecular complexity index is 895. The van der Waals surface area contributed by atoms with Crippen molar-refractivity contribution < 1.29 is 0 Å². The van der Waals surface area contributed by atoms with Gasteiger partial charge in [-0.3, -0.25) is 4.79 Å². The van der Waals surface area contributed by atoms with Crippen LogP contribution in [0.2, 0.25) is 5.15 Å². The fourth-order valence-electron chi connectivity index (χ4n) is 4.31. The normalized spacial score (nSPS) is 17.6. The number of hydrogen-bond acceptors (Lipinski definition) is 3. The molecule has 1 aliphatic carbocycles. The Kier molecular flexibility index (Phi) is 4.19. The largest absolute Gasteiger partial charge is 0.322 e. The minimum Gasteiger partial charge on any atom is -0.322 e. The molecule has 1 aromatic carbocycles. The maximum Gasteiger partial charge on any atom is 0.294 e. The van der Waals surface area contributed by atoms with Gasteiger partial charge in [0.05, 0.1) is 0 Å². The predicted molar refractivity (Wildman–Crippen MR) is 109 cm³/mol. The van der Waals surface area contributed by atoms with Crippen molar-refractivity contribution in [3.8, 4) is 0 Å². The van der Waals surface area contributed by atoms with Gasteiger partial charge in [-0.25, -0.2) is 4.98 Å². The van der Waals surface area contributed by atoms with Gasteiger partial charge < -0.3 is 9.47 Å². The summed E-state index contributed by atoms with van der Waals surface area (Å²) in [5, 5.41) is 0.395. The molecule has 7 heteroatoms. The predicted octanol–water partition coefficient (Wildman–Crippen LogP) is 0.469. The fraction of sp³-hybridized carbons (Fsp3) is 0.444. The van der Waals surface area contributed by atoms with E-state index in [4.69, 9.17) is 11.6 Å². The second-order valence-electron chi connectivity index (χ2n) is 7.40. The van der Waals surface area contributed by atoms with Crippen molar-refractivity contribution in [2.45, 2.75) is 38.6 Å². The minimum absolute atomic E-state index is 0.0176. The van der Waals surface area contributed by atoms with Crippen LogP contribution in [0.3, 0.4) is 0 Å². The highest BCUT2D eigenvalue weighted by atomic mass is 35.5. The molecule has 1 aromatic heterocycles. The maximum absolute atomic E-state index is 13.2. The Hall–Kier alpha value is -1.68. The monoisotopic (exact) mass is 353 g/mol. The fourth-order valence-corrected chi connectivity index (χ4v) is 4.49. The zero-order valence-electron chi connectivity index (χ0n) is 15.1. The molecule has 0 amide bonds. The Morgan fingerprint density at radius 3 is 2.80 bits per heavy atom. The smallest absolute Gasteiger partial charge is 0.294 e. The molecule has 4 nitrogen and oxygen atoms in total. The summed E-state index contributed by atoms with van der Waals surface area (Å²) < 4.78 is 1.84. The van der Waals surface area contributed by atoms with E-state index in [-0.39, 0.29) is 11.6 Å². The highest BCUT2D eigenvalue weighted by molar-refractivity contribution is 6.40. The van der Waals surface area contributed by atoms with Crippen LogP contribution >= 0.6 is 11.6 Å². The molecule has 2 aliphatic rings. The number of nitrogens with zero attached hydrogens (tertiary/aromatic N) is 3.